The summed E-state index contributed by atoms with van der Waals surface area (Å²) in [4.78, 5) is 2.25. The Hall–Kier alpha value is -0.280. The van der Waals surface area contributed by atoms with Gasteiger partial charge in [0.2, 0.25) is 0 Å². The minimum Gasteiger partial charge on any atom is -0.324 e. The Labute approximate surface area is 106 Å². The molecule has 0 aromatic heterocycles. The Bertz CT molecular complexity index is 395. The predicted octanol–water partition coefficient (Wildman–Crippen LogP) is 2.57. The molecule has 0 bridgehead atoms. The second-order valence-corrected chi connectivity index (χ2v) is 5.61. The van der Waals surface area contributed by atoms with Gasteiger partial charge in [-0.25, -0.2) is 0 Å². The van der Waals surface area contributed by atoms with E-state index in [9.17, 15) is 0 Å². The molecule has 1 aromatic carbocycles. The second-order valence-electron chi connectivity index (χ2n) is 4.76. The molecule has 0 aliphatic carbocycles. The van der Waals surface area contributed by atoms with Crippen molar-refractivity contribution in [2.24, 2.45) is 5.73 Å². The third-order valence-corrected chi connectivity index (χ3v) is 3.72. The van der Waals surface area contributed by atoms with E-state index >= 15 is 0 Å². The molecule has 0 saturated carbocycles. The van der Waals surface area contributed by atoms with Gasteiger partial charge >= 0.3 is 0 Å². The molecule has 88 valence electrons. The number of benzene rings is 1. The Morgan fingerprint density at radius 1 is 1.44 bits per heavy atom. The van der Waals surface area contributed by atoms with Crippen molar-refractivity contribution in [1.29, 1.82) is 0 Å². The van der Waals surface area contributed by atoms with E-state index in [2.05, 4.69) is 11.9 Å². The molecule has 1 aliphatic heterocycles. The topological polar surface area (TPSA) is 29.3 Å². The molecule has 16 heavy (non-hydrogen) atoms. The molecule has 4 heteroatoms. The Morgan fingerprint density at radius 2 is 2.19 bits per heavy atom. The monoisotopic (exact) mass is 258 g/mol. The first-order chi connectivity index (χ1) is 7.48. The maximum absolute atomic E-state index is 6.36. The number of likely N-dealkylation sites (N-methyl/N-ethyl adjacent to an activating group) is 1. The normalized spacial score (nSPS) is 26.2. The zero-order chi connectivity index (χ0) is 11.8. The molecule has 1 heterocycles. The fraction of sp³-hybridized carbons (Fsp3) is 0.500. The van der Waals surface area contributed by atoms with Gasteiger partial charge in [0.15, 0.2) is 0 Å². The summed E-state index contributed by atoms with van der Waals surface area (Å²) in [6.07, 6.45) is 1.83. The highest BCUT2D eigenvalue weighted by Gasteiger charge is 2.33. The van der Waals surface area contributed by atoms with Crippen LogP contribution in [-0.2, 0) is 6.42 Å². The lowest BCUT2D eigenvalue weighted by Gasteiger charge is -2.24. The van der Waals surface area contributed by atoms with Gasteiger partial charge in [0.1, 0.15) is 0 Å². The third-order valence-electron chi connectivity index (χ3n) is 3.13. The van der Waals surface area contributed by atoms with Gasteiger partial charge in [-0.2, -0.15) is 0 Å². The largest absolute Gasteiger partial charge is 0.324 e. The average Bonchev–Trinajstić information content (AvgIpc) is 2.52. The van der Waals surface area contributed by atoms with E-state index in [1.807, 2.05) is 12.1 Å². The molecule has 1 unspecified atom stereocenters. The molecule has 2 nitrogen and oxygen atoms in total. The van der Waals surface area contributed by atoms with Gasteiger partial charge in [0.05, 0.1) is 0 Å². The van der Waals surface area contributed by atoms with Gasteiger partial charge in [-0.3, -0.25) is 0 Å². The van der Waals surface area contributed by atoms with Gasteiger partial charge in [-0.15, -0.1) is 0 Å². The highest BCUT2D eigenvalue weighted by Crippen LogP contribution is 2.27. The molecule has 1 atom stereocenters. The summed E-state index contributed by atoms with van der Waals surface area (Å²) in [5.74, 6) is 0. The number of hydrogen-bond donors (Lipinski definition) is 1. The fourth-order valence-electron chi connectivity index (χ4n) is 2.30. The molecule has 2 rings (SSSR count). The van der Waals surface area contributed by atoms with Crippen molar-refractivity contribution in [3.63, 3.8) is 0 Å². The smallest absolute Gasteiger partial charge is 0.0453 e. The quantitative estimate of drug-likeness (QED) is 0.884. The van der Waals surface area contributed by atoms with Crippen LogP contribution in [0.25, 0.3) is 0 Å². The first kappa shape index (κ1) is 12.2. The number of rotatable bonds is 2. The van der Waals surface area contributed by atoms with Crippen LogP contribution in [0.15, 0.2) is 18.2 Å². The van der Waals surface area contributed by atoms with Crippen LogP contribution < -0.4 is 5.73 Å². The van der Waals surface area contributed by atoms with E-state index in [1.54, 1.807) is 6.07 Å². The summed E-state index contributed by atoms with van der Waals surface area (Å²) < 4.78 is 0. The SMILES string of the molecule is CN1CCC(N)(Cc2ccc(Cl)cc2Cl)C1. The maximum atomic E-state index is 6.36. The summed E-state index contributed by atoms with van der Waals surface area (Å²) >= 11 is 12.0. The number of likely N-dealkylation sites (tertiary alicyclic amines) is 1. The van der Waals surface area contributed by atoms with Crippen LogP contribution in [0.3, 0.4) is 0 Å². The summed E-state index contributed by atoms with van der Waals surface area (Å²) in [5, 5.41) is 1.38. The van der Waals surface area contributed by atoms with Crippen LogP contribution in [0.1, 0.15) is 12.0 Å². The summed E-state index contributed by atoms with van der Waals surface area (Å²) in [7, 11) is 2.10. The molecular formula is C12H16Cl2N2. The molecular weight excluding hydrogens is 243 g/mol. The zero-order valence-corrected chi connectivity index (χ0v) is 10.9. The first-order valence-corrected chi connectivity index (χ1v) is 6.15. The van der Waals surface area contributed by atoms with Crippen LogP contribution >= 0.6 is 23.2 Å². The minimum absolute atomic E-state index is 0.147. The highest BCUT2D eigenvalue weighted by atomic mass is 35.5. The zero-order valence-electron chi connectivity index (χ0n) is 9.34. The maximum Gasteiger partial charge on any atom is 0.0453 e. The molecule has 0 spiro atoms. The van der Waals surface area contributed by atoms with Crippen LogP contribution in [-0.4, -0.2) is 30.6 Å². The number of halogens is 2. The van der Waals surface area contributed by atoms with E-state index in [0.29, 0.717) is 10.0 Å². The Kier molecular flexibility index (Phi) is 3.45. The van der Waals surface area contributed by atoms with Gasteiger partial charge in [0.25, 0.3) is 0 Å². The predicted molar refractivity (Wildman–Crippen MR) is 69.2 cm³/mol. The van der Waals surface area contributed by atoms with E-state index < -0.39 is 0 Å². The first-order valence-electron chi connectivity index (χ1n) is 5.40. The van der Waals surface area contributed by atoms with Crippen molar-refractivity contribution in [2.45, 2.75) is 18.4 Å². The molecule has 0 amide bonds. The van der Waals surface area contributed by atoms with E-state index in [-0.39, 0.29) is 5.54 Å². The van der Waals surface area contributed by atoms with Crippen LogP contribution in [0.2, 0.25) is 10.0 Å². The van der Waals surface area contributed by atoms with Gasteiger partial charge < -0.3 is 10.6 Å². The Morgan fingerprint density at radius 3 is 2.75 bits per heavy atom. The van der Waals surface area contributed by atoms with Crippen molar-refractivity contribution < 1.29 is 0 Å². The van der Waals surface area contributed by atoms with E-state index in [4.69, 9.17) is 28.9 Å². The lowest BCUT2D eigenvalue weighted by molar-refractivity contribution is 0.366. The van der Waals surface area contributed by atoms with Gasteiger partial charge in [0, 0.05) is 22.1 Å². The Balaban J connectivity index is 2.14. The third kappa shape index (κ3) is 2.69. The number of hydrogen-bond acceptors (Lipinski definition) is 2. The van der Waals surface area contributed by atoms with Crippen LogP contribution in [0.5, 0.6) is 0 Å². The van der Waals surface area contributed by atoms with Crippen LogP contribution in [0.4, 0.5) is 0 Å². The molecule has 0 radical (unpaired) electrons. The molecule has 1 saturated heterocycles. The van der Waals surface area contributed by atoms with Gasteiger partial charge in [-0.1, -0.05) is 29.3 Å². The van der Waals surface area contributed by atoms with Gasteiger partial charge in [-0.05, 0) is 44.1 Å². The average molecular weight is 259 g/mol. The summed E-state index contributed by atoms with van der Waals surface area (Å²) in [5.41, 5.74) is 7.30. The van der Waals surface area contributed by atoms with E-state index in [0.717, 1.165) is 31.5 Å². The van der Waals surface area contributed by atoms with Crippen molar-refractivity contribution in [3.8, 4) is 0 Å². The standard InChI is InChI=1S/C12H16Cl2N2/c1-16-5-4-12(15,8-16)7-9-2-3-10(13)6-11(9)14/h2-3,6H,4-5,7-8,15H2,1H3. The van der Waals surface area contributed by atoms with Crippen molar-refractivity contribution in [1.82, 2.24) is 4.90 Å². The summed E-state index contributed by atoms with van der Waals surface area (Å²) in [6, 6.07) is 5.61. The van der Waals surface area contributed by atoms with Crippen molar-refractivity contribution >= 4 is 23.2 Å². The second kappa shape index (κ2) is 4.53. The lowest BCUT2D eigenvalue weighted by atomic mass is 9.91. The summed E-state index contributed by atoms with van der Waals surface area (Å²) in [6.45, 7) is 1.98. The molecule has 1 fully saturated rings. The molecule has 2 N–H and O–H groups in total. The van der Waals surface area contributed by atoms with Crippen molar-refractivity contribution in [3.05, 3.63) is 33.8 Å². The van der Waals surface area contributed by atoms with Crippen LogP contribution in [0, 0.1) is 0 Å². The molecule has 1 aliphatic rings. The minimum atomic E-state index is -0.147. The number of nitrogens with two attached hydrogens (primary N) is 1. The van der Waals surface area contributed by atoms with Crippen molar-refractivity contribution in [2.75, 3.05) is 20.1 Å². The van der Waals surface area contributed by atoms with E-state index in [1.165, 1.54) is 0 Å². The molecule has 1 aromatic rings. The number of nitrogens with zero attached hydrogens (tertiary/aromatic N) is 1. The lowest BCUT2D eigenvalue weighted by Crippen LogP contribution is -2.44. The fourth-order valence-corrected chi connectivity index (χ4v) is 2.77. The highest BCUT2D eigenvalue weighted by molar-refractivity contribution is 6.35.